The number of nitrogens with one attached hydrogen (secondary N) is 1. The molecular weight excluding hydrogens is 304 g/mol. The topological polar surface area (TPSA) is 68.3 Å². The zero-order chi connectivity index (χ0) is 16.4. The fourth-order valence-electron chi connectivity index (χ4n) is 2.86. The maximum absolute atomic E-state index is 12.7. The van der Waals surface area contributed by atoms with Gasteiger partial charge in [-0.25, -0.2) is 4.98 Å². The maximum atomic E-state index is 12.7. The van der Waals surface area contributed by atoms with Crippen molar-refractivity contribution in [1.82, 2.24) is 10.3 Å². The SMILES string of the molecule is O=C(N[C@H](Cc1ccccc1)c1ncco1)c1ccoc1C1CC1. The van der Waals surface area contributed by atoms with E-state index in [-0.39, 0.29) is 11.9 Å². The number of hydrogen-bond donors (Lipinski definition) is 1. The lowest BCUT2D eigenvalue weighted by atomic mass is 10.0. The Morgan fingerprint density at radius 2 is 2.00 bits per heavy atom. The van der Waals surface area contributed by atoms with Crippen molar-refractivity contribution >= 4 is 5.91 Å². The highest BCUT2D eigenvalue weighted by Gasteiger charge is 2.32. The van der Waals surface area contributed by atoms with Gasteiger partial charge in [0.1, 0.15) is 18.1 Å². The normalized spacial score (nSPS) is 15.2. The molecule has 1 saturated carbocycles. The molecule has 2 heterocycles. The molecule has 1 aliphatic rings. The Bertz CT molecular complexity index is 804. The number of carbonyl (C=O) groups is 1. The molecule has 1 aliphatic carbocycles. The third-order valence-corrected chi connectivity index (χ3v) is 4.23. The molecule has 0 spiro atoms. The van der Waals surface area contributed by atoms with Crippen LogP contribution < -0.4 is 5.32 Å². The zero-order valence-corrected chi connectivity index (χ0v) is 13.1. The van der Waals surface area contributed by atoms with Crippen LogP contribution in [0.4, 0.5) is 0 Å². The molecule has 122 valence electrons. The highest BCUT2D eigenvalue weighted by atomic mass is 16.3. The number of amides is 1. The van der Waals surface area contributed by atoms with Gasteiger partial charge in [-0.3, -0.25) is 4.79 Å². The number of furan rings is 1. The van der Waals surface area contributed by atoms with Crippen molar-refractivity contribution in [2.24, 2.45) is 0 Å². The molecule has 2 aromatic heterocycles. The molecule has 4 rings (SSSR count). The van der Waals surface area contributed by atoms with Crippen molar-refractivity contribution in [3.05, 3.63) is 77.9 Å². The van der Waals surface area contributed by atoms with Crippen LogP contribution >= 0.6 is 0 Å². The summed E-state index contributed by atoms with van der Waals surface area (Å²) in [5.41, 5.74) is 1.72. The minimum Gasteiger partial charge on any atom is -0.468 e. The molecule has 1 N–H and O–H groups in total. The van der Waals surface area contributed by atoms with Gasteiger partial charge in [0.15, 0.2) is 0 Å². The minimum absolute atomic E-state index is 0.148. The van der Waals surface area contributed by atoms with Crippen molar-refractivity contribution in [2.45, 2.75) is 31.2 Å². The maximum Gasteiger partial charge on any atom is 0.255 e. The van der Waals surface area contributed by atoms with E-state index in [0.717, 1.165) is 24.2 Å². The quantitative estimate of drug-likeness (QED) is 0.748. The van der Waals surface area contributed by atoms with E-state index in [1.807, 2.05) is 30.3 Å². The Hall–Kier alpha value is -2.82. The molecule has 3 aromatic rings. The Kier molecular flexibility index (Phi) is 3.91. The number of rotatable bonds is 6. The average molecular weight is 322 g/mol. The molecule has 24 heavy (non-hydrogen) atoms. The molecule has 5 nitrogen and oxygen atoms in total. The van der Waals surface area contributed by atoms with Gasteiger partial charge in [0, 0.05) is 12.3 Å². The number of benzene rings is 1. The van der Waals surface area contributed by atoms with Gasteiger partial charge >= 0.3 is 0 Å². The summed E-state index contributed by atoms with van der Waals surface area (Å²) in [7, 11) is 0. The van der Waals surface area contributed by atoms with Gasteiger partial charge in [0.2, 0.25) is 5.89 Å². The first-order valence-electron chi connectivity index (χ1n) is 8.13. The summed E-state index contributed by atoms with van der Waals surface area (Å²) in [4.78, 5) is 16.9. The highest BCUT2D eigenvalue weighted by Crippen LogP contribution is 2.42. The second-order valence-corrected chi connectivity index (χ2v) is 6.06. The first-order chi connectivity index (χ1) is 11.8. The summed E-state index contributed by atoms with van der Waals surface area (Å²) in [6, 6.07) is 11.4. The van der Waals surface area contributed by atoms with Crippen LogP contribution in [0.3, 0.4) is 0 Å². The number of hydrogen-bond acceptors (Lipinski definition) is 4. The minimum atomic E-state index is -0.322. The predicted octanol–water partition coefficient (Wildman–Crippen LogP) is 3.86. The Balaban J connectivity index is 1.55. The molecule has 0 unspecified atom stereocenters. The zero-order valence-electron chi connectivity index (χ0n) is 13.1. The summed E-state index contributed by atoms with van der Waals surface area (Å²) in [6.45, 7) is 0. The van der Waals surface area contributed by atoms with E-state index >= 15 is 0 Å². The molecule has 1 aromatic carbocycles. The van der Waals surface area contributed by atoms with Gasteiger partial charge in [-0.05, 0) is 24.5 Å². The van der Waals surface area contributed by atoms with Crippen LogP contribution in [0.15, 0.2) is 64.0 Å². The van der Waals surface area contributed by atoms with Crippen LogP contribution in [0.2, 0.25) is 0 Å². The third kappa shape index (κ3) is 3.11. The summed E-state index contributed by atoms with van der Waals surface area (Å²) in [5, 5.41) is 3.04. The van der Waals surface area contributed by atoms with Crippen LogP contribution in [-0.4, -0.2) is 10.9 Å². The number of oxazole rings is 1. The molecule has 0 saturated heterocycles. The fraction of sp³-hybridized carbons (Fsp3) is 0.263. The lowest BCUT2D eigenvalue weighted by Crippen LogP contribution is -2.30. The van der Waals surface area contributed by atoms with E-state index in [2.05, 4.69) is 10.3 Å². The molecule has 0 bridgehead atoms. The number of aromatic nitrogens is 1. The van der Waals surface area contributed by atoms with Gasteiger partial charge < -0.3 is 14.2 Å². The lowest BCUT2D eigenvalue weighted by molar-refractivity contribution is 0.0928. The van der Waals surface area contributed by atoms with Gasteiger partial charge in [0.25, 0.3) is 5.91 Å². The summed E-state index contributed by atoms with van der Waals surface area (Å²) in [5.74, 6) is 1.53. The van der Waals surface area contributed by atoms with Crippen LogP contribution in [0, 0.1) is 0 Å². The Labute approximate surface area is 139 Å². The van der Waals surface area contributed by atoms with E-state index in [9.17, 15) is 4.79 Å². The van der Waals surface area contributed by atoms with E-state index in [4.69, 9.17) is 8.83 Å². The smallest absolute Gasteiger partial charge is 0.255 e. The fourth-order valence-corrected chi connectivity index (χ4v) is 2.86. The van der Waals surface area contributed by atoms with E-state index in [0.29, 0.717) is 23.8 Å². The first-order valence-corrected chi connectivity index (χ1v) is 8.13. The second kappa shape index (κ2) is 6.35. The summed E-state index contributed by atoms with van der Waals surface area (Å²) in [6.07, 6.45) is 7.48. The summed E-state index contributed by atoms with van der Waals surface area (Å²) >= 11 is 0. The molecular formula is C19H18N2O3. The first kappa shape index (κ1) is 14.8. The van der Waals surface area contributed by atoms with Crippen molar-refractivity contribution < 1.29 is 13.6 Å². The van der Waals surface area contributed by atoms with Crippen LogP contribution in [0.1, 0.15) is 52.4 Å². The van der Waals surface area contributed by atoms with E-state index < -0.39 is 0 Å². The Morgan fingerprint density at radius 1 is 1.17 bits per heavy atom. The van der Waals surface area contributed by atoms with Crippen LogP contribution in [-0.2, 0) is 6.42 Å². The molecule has 1 amide bonds. The predicted molar refractivity (Wildman–Crippen MR) is 87.5 cm³/mol. The molecule has 1 atom stereocenters. The highest BCUT2D eigenvalue weighted by molar-refractivity contribution is 5.95. The van der Waals surface area contributed by atoms with Crippen molar-refractivity contribution in [2.75, 3.05) is 0 Å². The number of nitrogens with zero attached hydrogens (tertiary/aromatic N) is 1. The van der Waals surface area contributed by atoms with Gasteiger partial charge in [-0.2, -0.15) is 0 Å². The molecule has 5 heteroatoms. The standard InChI is InChI=1S/C19H18N2O3/c22-18(15-8-10-23-17(15)14-6-7-14)21-16(19-20-9-11-24-19)12-13-4-2-1-3-5-13/h1-5,8-11,14,16H,6-7,12H2,(H,21,22)/t16-/m1/s1. The molecule has 0 radical (unpaired) electrons. The number of carbonyl (C=O) groups excluding carboxylic acids is 1. The monoisotopic (exact) mass is 322 g/mol. The molecule has 0 aliphatic heterocycles. The van der Waals surface area contributed by atoms with Crippen molar-refractivity contribution in [3.8, 4) is 0 Å². The van der Waals surface area contributed by atoms with Crippen LogP contribution in [0.5, 0.6) is 0 Å². The van der Waals surface area contributed by atoms with Crippen molar-refractivity contribution in [1.29, 1.82) is 0 Å². The molecule has 1 fully saturated rings. The Morgan fingerprint density at radius 3 is 2.71 bits per heavy atom. The van der Waals surface area contributed by atoms with Crippen molar-refractivity contribution in [3.63, 3.8) is 0 Å². The third-order valence-electron chi connectivity index (χ3n) is 4.23. The lowest BCUT2D eigenvalue weighted by Gasteiger charge is -2.16. The van der Waals surface area contributed by atoms with E-state index in [1.165, 1.54) is 6.26 Å². The largest absolute Gasteiger partial charge is 0.468 e. The van der Waals surface area contributed by atoms with Crippen LogP contribution in [0.25, 0.3) is 0 Å². The van der Waals surface area contributed by atoms with Gasteiger partial charge in [-0.1, -0.05) is 30.3 Å². The van der Waals surface area contributed by atoms with E-state index in [1.54, 1.807) is 18.5 Å². The summed E-state index contributed by atoms with van der Waals surface area (Å²) < 4.78 is 10.9. The second-order valence-electron chi connectivity index (χ2n) is 6.06. The van der Waals surface area contributed by atoms with Gasteiger partial charge in [-0.15, -0.1) is 0 Å². The average Bonchev–Trinajstić information content (AvgIpc) is 3.12. The van der Waals surface area contributed by atoms with Gasteiger partial charge in [0.05, 0.1) is 18.0 Å².